The molecule has 1 saturated heterocycles. The van der Waals surface area contributed by atoms with Gasteiger partial charge in [-0.1, -0.05) is 25.1 Å². The predicted molar refractivity (Wildman–Crippen MR) is 139 cm³/mol. The smallest absolute Gasteiger partial charge is 0.270 e. The van der Waals surface area contributed by atoms with E-state index in [-0.39, 0.29) is 16.2 Å². The molecular weight excluding hydrogens is 430 g/mol. The Morgan fingerprint density at radius 1 is 1.15 bits per heavy atom. The number of hydrogen-bond donors (Lipinski definition) is 1. The van der Waals surface area contributed by atoms with Crippen molar-refractivity contribution in [3.63, 3.8) is 0 Å². The Balaban J connectivity index is 1.75. The maximum absolute atomic E-state index is 13.5. The molecule has 172 valence electrons. The number of aryl methyl sites for hydroxylation is 1. The van der Waals surface area contributed by atoms with Gasteiger partial charge >= 0.3 is 0 Å². The lowest BCUT2D eigenvalue weighted by molar-refractivity contribution is -0.122. The molecule has 33 heavy (non-hydrogen) atoms. The zero-order valence-electron chi connectivity index (χ0n) is 20.2. The van der Waals surface area contributed by atoms with Crippen LogP contribution in [0.5, 0.6) is 0 Å². The van der Waals surface area contributed by atoms with Gasteiger partial charge in [0.05, 0.1) is 5.69 Å². The van der Waals surface area contributed by atoms with E-state index in [2.05, 4.69) is 50.0 Å². The Hall–Kier alpha value is -2.99. The van der Waals surface area contributed by atoms with E-state index in [4.69, 9.17) is 12.2 Å². The number of benzene rings is 2. The van der Waals surface area contributed by atoms with Gasteiger partial charge in [0, 0.05) is 17.8 Å². The summed E-state index contributed by atoms with van der Waals surface area (Å²) in [6.45, 7) is 13.8. The van der Waals surface area contributed by atoms with E-state index in [1.165, 1.54) is 16.2 Å². The van der Waals surface area contributed by atoms with Crippen LogP contribution in [0, 0.1) is 13.8 Å². The first-order valence-corrected chi connectivity index (χ1v) is 11.8. The Kier molecular flexibility index (Phi) is 5.91. The number of carbonyl (C=O) groups excluding carboxylic acids is 2. The molecule has 0 bridgehead atoms. The van der Waals surface area contributed by atoms with Crippen LogP contribution in [-0.2, 0) is 9.59 Å². The second kappa shape index (κ2) is 8.41. The molecule has 0 unspecified atom stereocenters. The fourth-order valence-electron chi connectivity index (χ4n) is 5.22. The standard InChI is InChI=1S/C27H31N3O2S/c1-7-29-23-12-11-19(13-20(23)17(3)15-27(29,5)6)14-21-24(31)28-26(33)30(25(21)32)22-10-8-9-16(2)18(22)4/h8-14,17H,7,15H2,1-6H3,(H,28,31,33)/b21-14+/t17-/m1/s1. The van der Waals surface area contributed by atoms with Gasteiger partial charge in [0.2, 0.25) is 0 Å². The van der Waals surface area contributed by atoms with Crippen LogP contribution in [0.15, 0.2) is 42.0 Å². The summed E-state index contributed by atoms with van der Waals surface area (Å²) in [5, 5.41) is 2.80. The summed E-state index contributed by atoms with van der Waals surface area (Å²) < 4.78 is 0. The summed E-state index contributed by atoms with van der Waals surface area (Å²) in [5.41, 5.74) is 6.17. The predicted octanol–water partition coefficient (Wildman–Crippen LogP) is 5.25. The van der Waals surface area contributed by atoms with Crippen LogP contribution in [0.3, 0.4) is 0 Å². The van der Waals surface area contributed by atoms with Crippen molar-refractivity contribution in [2.45, 2.75) is 59.4 Å². The van der Waals surface area contributed by atoms with Gasteiger partial charge in [-0.15, -0.1) is 0 Å². The first-order valence-electron chi connectivity index (χ1n) is 11.4. The molecule has 2 heterocycles. The van der Waals surface area contributed by atoms with E-state index >= 15 is 0 Å². The van der Waals surface area contributed by atoms with Gasteiger partial charge in [0.15, 0.2) is 5.11 Å². The van der Waals surface area contributed by atoms with E-state index in [9.17, 15) is 9.59 Å². The summed E-state index contributed by atoms with van der Waals surface area (Å²) in [5.74, 6) is -0.487. The molecule has 6 heteroatoms. The third-order valence-electron chi connectivity index (χ3n) is 6.96. The summed E-state index contributed by atoms with van der Waals surface area (Å²) in [4.78, 5) is 30.1. The molecule has 0 aliphatic carbocycles. The molecule has 2 aliphatic rings. The fraction of sp³-hybridized carbons (Fsp3) is 0.370. The quantitative estimate of drug-likeness (QED) is 0.386. The van der Waals surface area contributed by atoms with Gasteiger partial charge in [0.1, 0.15) is 5.57 Å². The minimum absolute atomic E-state index is 0.0839. The number of nitrogens with one attached hydrogen (secondary N) is 1. The van der Waals surface area contributed by atoms with Gasteiger partial charge < -0.3 is 4.90 Å². The Morgan fingerprint density at radius 2 is 1.88 bits per heavy atom. The average molecular weight is 462 g/mol. The van der Waals surface area contributed by atoms with Crippen molar-refractivity contribution in [3.05, 3.63) is 64.2 Å². The zero-order chi connectivity index (χ0) is 24.1. The monoisotopic (exact) mass is 461 g/mol. The molecule has 1 atom stereocenters. The highest BCUT2D eigenvalue weighted by molar-refractivity contribution is 7.80. The van der Waals surface area contributed by atoms with Crippen molar-refractivity contribution in [1.82, 2.24) is 5.32 Å². The molecule has 4 rings (SSSR count). The van der Waals surface area contributed by atoms with E-state index in [1.54, 1.807) is 6.08 Å². The van der Waals surface area contributed by atoms with Crippen LogP contribution in [0.1, 0.15) is 62.3 Å². The van der Waals surface area contributed by atoms with Crippen LogP contribution < -0.4 is 15.1 Å². The molecule has 2 amide bonds. The summed E-state index contributed by atoms with van der Waals surface area (Å²) in [6.07, 6.45) is 2.72. The molecule has 1 fully saturated rings. The van der Waals surface area contributed by atoms with Gasteiger partial charge in [-0.05, 0) is 106 Å². The van der Waals surface area contributed by atoms with Gasteiger partial charge in [-0.25, -0.2) is 0 Å². The second-order valence-corrected chi connectivity index (χ2v) is 10.0. The van der Waals surface area contributed by atoms with E-state index in [0.717, 1.165) is 29.7 Å². The summed E-state index contributed by atoms with van der Waals surface area (Å²) >= 11 is 5.37. The first kappa shape index (κ1) is 23.2. The molecule has 0 radical (unpaired) electrons. The average Bonchev–Trinajstić information content (AvgIpc) is 2.74. The largest absolute Gasteiger partial charge is 0.366 e. The normalized spacial score (nSPS) is 21.3. The second-order valence-electron chi connectivity index (χ2n) is 9.66. The van der Waals surface area contributed by atoms with Crippen LogP contribution in [0.2, 0.25) is 0 Å². The molecule has 0 aromatic heterocycles. The molecule has 2 aromatic carbocycles. The molecule has 1 N–H and O–H groups in total. The van der Waals surface area contributed by atoms with Crippen molar-refractivity contribution < 1.29 is 9.59 Å². The first-order chi connectivity index (χ1) is 15.5. The van der Waals surface area contributed by atoms with Crippen molar-refractivity contribution in [2.24, 2.45) is 0 Å². The van der Waals surface area contributed by atoms with Crippen molar-refractivity contribution in [3.8, 4) is 0 Å². The summed E-state index contributed by atoms with van der Waals surface area (Å²) in [7, 11) is 0. The number of nitrogens with zero attached hydrogens (tertiary/aromatic N) is 2. The minimum atomic E-state index is -0.464. The van der Waals surface area contributed by atoms with Crippen LogP contribution in [0.4, 0.5) is 11.4 Å². The Bertz CT molecular complexity index is 1200. The highest BCUT2D eigenvalue weighted by atomic mass is 32.1. The number of amides is 2. The van der Waals surface area contributed by atoms with E-state index in [1.807, 2.05) is 38.1 Å². The number of fused-ring (bicyclic) bond motifs is 1. The highest BCUT2D eigenvalue weighted by Crippen LogP contribution is 2.43. The number of carbonyl (C=O) groups is 2. The SMILES string of the molecule is CCN1c2ccc(/C=C3\C(=O)NC(=S)N(c4cccc(C)c4C)C3=O)cc2[C@H](C)CC1(C)C. The van der Waals surface area contributed by atoms with Crippen LogP contribution in [0.25, 0.3) is 6.08 Å². The molecule has 0 saturated carbocycles. The van der Waals surface area contributed by atoms with E-state index in [0.29, 0.717) is 11.6 Å². The van der Waals surface area contributed by atoms with E-state index < -0.39 is 11.8 Å². The molecular formula is C27H31N3O2S. The number of anilines is 2. The lowest BCUT2D eigenvalue weighted by atomic mass is 9.79. The summed E-state index contributed by atoms with van der Waals surface area (Å²) in [6, 6.07) is 11.9. The molecule has 0 spiro atoms. The van der Waals surface area contributed by atoms with Crippen molar-refractivity contribution in [1.29, 1.82) is 0 Å². The molecule has 2 aromatic rings. The fourth-order valence-corrected chi connectivity index (χ4v) is 5.49. The zero-order valence-corrected chi connectivity index (χ0v) is 21.0. The van der Waals surface area contributed by atoms with Crippen LogP contribution in [-0.4, -0.2) is 29.0 Å². The number of hydrogen-bond acceptors (Lipinski definition) is 4. The maximum atomic E-state index is 13.5. The Morgan fingerprint density at radius 3 is 2.58 bits per heavy atom. The van der Waals surface area contributed by atoms with Crippen molar-refractivity contribution in [2.75, 3.05) is 16.3 Å². The van der Waals surface area contributed by atoms with Gasteiger partial charge in [-0.2, -0.15) is 0 Å². The van der Waals surface area contributed by atoms with Crippen LogP contribution >= 0.6 is 12.2 Å². The third kappa shape index (κ3) is 3.97. The number of rotatable bonds is 3. The lowest BCUT2D eigenvalue weighted by Gasteiger charge is -2.47. The minimum Gasteiger partial charge on any atom is -0.366 e. The number of thiocarbonyl (C=S) groups is 1. The van der Waals surface area contributed by atoms with Crippen molar-refractivity contribution >= 4 is 46.6 Å². The molecule has 5 nitrogen and oxygen atoms in total. The molecule has 2 aliphatic heterocycles. The highest BCUT2D eigenvalue weighted by Gasteiger charge is 2.37. The van der Waals surface area contributed by atoms with Gasteiger partial charge in [0.25, 0.3) is 11.8 Å². The third-order valence-corrected chi connectivity index (χ3v) is 7.24. The lowest BCUT2D eigenvalue weighted by Crippen LogP contribution is -2.54. The maximum Gasteiger partial charge on any atom is 0.270 e. The van der Waals surface area contributed by atoms with Gasteiger partial charge in [-0.3, -0.25) is 19.8 Å². The Labute approximate surface area is 201 Å². The topological polar surface area (TPSA) is 52.7 Å².